The molecular weight excluding hydrogens is 443 g/mol. The second-order valence-corrected chi connectivity index (χ2v) is 7.60. The van der Waals surface area contributed by atoms with Crippen LogP contribution in [-0.2, 0) is 17.1 Å². The summed E-state index contributed by atoms with van der Waals surface area (Å²) in [4.78, 5) is 16.2. The quantitative estimate of drug-likeness (QED) is 0.277. The molecule has 0 atom stereocenters. The molecule has 0 radical (unpaired) electrons. The number of nitrogens with one attached hydrogen (secondary N) is 2. The van der Waals surface area contributed by atoms with Gasteiger partial charge >= 0.3 is 0 Å². The fraction of sp³-hybridized carbons (Fsp3) is 0. The monoisotopic (exact) mass is 460 g/mol. The van der Waals surface area contributed by atoms with Gasteiger partial charge in [0.2, 0.25) is 0 Å². The molecule has 0 fully saturated rings. The third kappa shape index (κ3) is 3.94. The molecule has 0 saturated carbocycles. The molecular formula is C26H17FFeN4. The Hall–Kier alpha value is -3.73. The molecule has 0 amide bonds. The Morgan fingerprint density at radius 1 is 0.594 bits per heavy atom. The van der Waals surface area contributed by atoms with Gasteiger partial charge in [0.25, 0.3) is 0 Å². The van der Waals surface area contributed by atoms with Crippen LogP contribution >= 0.6 is 0 Å². The van der Waals surface area contributed by atoms with E-state index in [1.165, 1.54) is 6.07 Å². The molecule has 8 bridgehead atoms. The van der Waals surface area contributed by atoms with E-state index in [-0.39, 0.29) is 22.9 Å². The van der Waals surface area contributed by atoms with Crippen molar-refractivity contribution in [3.8, 4) is 11.1 Å². The Balaban J connectivity index is 0.00000216. The standard InChI is InChI=1S/C26H17FN4.Fe/c27-17-3-1-2-16(10-17)25-14-24-13-22-7-6-20(29-22)11-18-4-5-19(28-18)12-21-8-9-23(30-21)15-26(25)31-24;/h1-15,28,31H;. The second-order valence-electron chi connectivity index (χ2n) is 7.60. The van der Waals surface area contributed by atoms with Crippen molar-refractivity contribution in [2.24, 2.45) is 0 Å². The van der Waals surface area contributed by atoms with Gasteiger partial charge in [-0.15, -0.1) is 0 Å². The number of halogens is 1. The van der Waals surface area contributed by atoms with Gasteiger partial charge in [-0.1, -0.05) is 12.1 Å². The largest absolute Gasteiger partial charge is 0.355 e. The van der Waals surface area contributed by atoms with Crippen LogP contribution in [-0.4, -0.2) is 19.9 Å². The Morgan fingerprint density at radius 2 is 1.19 bits per heavy atom. The van der Waals surface area contributed by atoms with Crippen molar-refractivity contribution in [1.29, 1.82) is 0 Å². The summed E-state index contributed by atoms with van der Waals surface area (Å²) in [6.45, 7) is 0. The number of fused-ring (bicyclic) bond motifs is 8. The number of aromatic nitrogens is 4. The molecule has 0 saturated heterocycles. The van der Waals surface area contributed by atoms with E-state index in [1.54, 1.807) is 12.1 Å². The fourth-order valence-corrected chi connectivity index (χ4v) is 3.91. The zero-order valence-electron chi connectivity index (χ0n) is 16.8. The maximum Gasteiger partial charge on any atom is 0.123 e. The SMILES string of the molecule is Fc1cccc(-c2cc3cc4nc(cc5ccc(cc6nc(cc2[nH]3)C=C6)[nH]5)C=C4)c1.[Fe]. The molecule has 3 aromatic heterocycles. The third-order valence-electron chi connectivity index (χ3n) is 5.30. The van der Waals surface area contributed by atoms with Crippen molar-refractivity contribution in [3.05, 3.63) is 95.3 Å². The normalized spacial score (nSPS) is 12.0. The maximum atomic E-state index is 13.9. The predicted molar refractivity (Wildman–Crippen MR) is 124 cm³/mol. The molecule has 6 heteroatoms. The van der Waals surface area contributed by atoms with Crippen LogP contribution in [0.1, 0.15) is 22.8 Å². The molecule has 2 aliphatic rings. The average molecular weight is 460 g/mol. The topological polar surface area (TPSA) is 57.4 Å². The Labute approximate surface area is 194 Å². The van der Waals surface area contributed by atoms with E-state index in [1.807, 2.05) is 72.8 Å². The smallest absolute Gasteiger partial charge is 0.123 e. The van der Waals surface area contributed by atoms with E-state index in [0.29, 0.717) is 0 Å². The minimum Gasteiger partial charge on any atom is -0.355 e. The summed E-state index contributed by atoms with van der Waals surface area (Å²) in [7, 11) is 0. The van der Waals surface area contributed by atoms with Crippen LogP contribution in [0.25, 0.3) is 57.5 Å². The number of nitrogens with zero attached hydrogens (tertiary/aromatic N) is 2. The molecule has 6 rings (SSSR count). The van der Waals surface area contributed by atoms with Crippen molar-refractivity contribution < 1.29 is 21.5 Å². The molecule has 2 N–H and O–H groups in total. The Morgan fingerprint density at radius 3 is 1.81 bits per heavy atom. The van der Waals surface area contributed by atoms with Crippen molar-refractivity contribution in [2.45, 2.75) is 0 Å². The van der Waals surface area contributed by atoms with Crippen molar-refractivity contribution >= 4 is 46.4 Å². The first-order valence-electron chi connectivity index (χ1n) is 10.0. The Kier molecular flexibility index (Phi) is 5.10. The van der Waals surface area contributed by atoms with Crippen LogP contribution in [0.15, 0.2) is 66.7 Å². The van der Waals surface area contributed by atoms with Crippen LogP contribution in [0.3, 0.4) is 0 Å². The van der Waals surface area contributed by atoms with Gasteiger partial charge < -0.3 is 9.97 Å². The van der Waals surface area contributed by atoms with Gasteiger partial charge in [0.15, 0.2) is 0 Å². The van der Waals surface area contributed by atoms with Crippen LogP contribution in [0, 0.1) is 5.82 Å². The zero-order chi connectivity index (χ0) is 20.8. The first-order chi connectivity index (χ1) is 15.2. The summed E-state index contributed by atoms with van der Waals surface area (Å²) in [5.74, 6) is -0.264. The Bertz CT molecular complexity index is 1560. The van der Waals surface area contributed by atoms with E-state index < -0.39 is 0 Å². The van der Waals surface area contributed by atoms with Crippen LogP contribution < -0.4 is 0 Å². The number of hydrogen-bond acceptors (Lipinski definition) is 2. The molecule has 156 valence electrons. The minimum atomic E-state index is -0.264. The van der Waals surface area contributed by atoms with E-state index in [4.69, 9.17) is 9.97 Å². The van der Waals surface area contributed by atoms with Gasteiger partial charge in [-0.25, -0.2) is 14.4 Å². The van der Waals surface area contributed by atoms with Gasteiger partial charge in [0.05, 0.1) is 22.8 Å². The summed E-state index contributed by atoms with van der Waals surface area (Å²) >= 11 is 0. The van der Waals surface area contributed by atoms with Crippen LogP contribution in [0.5, 0.6) is 0 Å². The van der Waals surface area contributed by atoms with Crippen LogP contribution in [0.4, 0.5) is 4.39 Å². The van der Waals surface area contributed by atoms with E-state index >= 15 is 0 Å². The van der Waals surface area contributed by atoms with Gasteiger partial charge in [-0.05, 0) is 84.5 Å². The molecule has 2 aliphatic heterocycles. The summed E-state index contributed by atoms with van der Waals surface area (Å²) in [5.41, 5.74) is 8.87. The average Bonchev–Trinajstić information content (AvgIpc) is 3.53. The molecule has 5 heterocycles. The number of aromatic amines is 2. The second kappa shape index (κ2) is 8.08. The maximum absolute atomic E-state index is 13.9. The van der Waals surface area contributed by atoms with E-state index in [2.05, 4.69) is 9.97 Å². The van der Waals surface area contributed by atoms with Gasteiger partial charge in [0.1, 0.15) is 5.82 Å². The number of rotatable bonds is 1. The molecule has 4 nitrogen and oxygen atoms in total. The summed E-state index contributed by atoms with van der Waals surface area (Å²) in [6, 6.07) is 20.7. The molecule has 0 spiro atoms. The zero-order valence-corrected chi connectivity index (χ0v) is 17.9. The van der Waals surface area contributed by atoms with Gasteiger partial charge in [-0.2, -0.15) is 0 Å². The third-order valence-corrected chi connectivity index (χ3v) is 5.30. The van der Waals surface area contributed by atoms with Crippen molar-refractivity contribution in [2.75, 3.05) is 0 Å². The molecule has 32 heavy (non-hydrogen) atoms. The van der Waals surface area contributed by atoms with Crippen LogP contribution in [0.2, 0.25) is 0 Å². The minimum absolute atomic E-state index is 0. The van der Waals surface area contributed by atoms with Gasteiger partial charge in [0, 0.05) is 44.7 Å². The van der Waals surface area contributed by atoms with Crippen molar-refractivity contribution in [1.82, 2.24) is 19.9 Å². The number of benzene rings is 1. The van der Waals surface area contributed by atoms with Crippen molar-refractivity contribution in [3.63, 3.8) is 0 Å². The summed E-state index contributed by atoms with van der Waals surface area (Å²) in [5, 5.41) is 0. The first-order valence-corrected chi connectivity index (χ1v) is 10.0. The molecule has 0 unspecified atom stereocenters. The predicted octanol–water partition coefficient (Wildman–Crippen LogP) is 6.46. The molecule has 4 aromatic rings. The van der Waals surface area contributed by atoms with E-state index in [9.17, 15) is 4.39 Å². The molecule has 0 aliphatic carbocycles. The van der Waals surface area contributed by atoms with E-state index in [0.717, 1.165) is 56.0 Å². The summed E-state index contributed by atoms with van der Waals surface area (Å²) in [6.07, 6.45) is 7.93. The summed E-state index contributed by atoms with van der Waals surface area (Å²) < 4.78 is 13.9. The number of H-pyrrole nitrogens is 2. The molecule has 1 aromatic carbocycles. The fourth-order valence-electron chi connectivity index (χ4n) is 3.91. The first kappa shape index (κ1) is 20.2. The number of hydrogen-bond donors (Lipinski definition) is 2. The van der Waals surface area contributed by atoms with Gasteiger partial charge in [-0.3, -0.25) is 0 Å².